The Kier molecular flexibility index (Phi) is 8.27. The zero-order chi connectivity index (χ0) is 26.9. The van der Waals surface area contributed by atoms with Crippen molar-refractivity contribution in [2.75, 3.05) is 4.90 Å². The lowest BCUT2D eigenvalue weighted by molar-refractivity contribution is -0.128. The van der Waals surface area contributed by atoms with Crippen LogP contribution in [-0.4, -0.2) is 5.97 Å². The van der Waals surface area contributed by atoms with Gasteiger partial charge >= 0.3 is 5.97 Å². The lowest BCUT2D eigenvalue weighted by atomic mass is 9.98. The zero-order valence-electron chi connectivity index (χ0n) is 21.3. The minimum Gasteiger partial charge on any atom is -0.423 e. The standard InChI is InChI=1S/C35H27NO2S/c1-2-35(37)38-32-23-19-28(20-24-32)16-15-27-17-21-31(22-18-27)36(34-14-9-25-39-34)26-33(29-10-5-3-6-11-29)30-12-7-4-8-13-30/h2-26H,1H2. The normalized spacial score (nSPS) is 10.7. The molecule has 0 aliphatic heterocycles. The van der Waals surface area contributed by atoms with Crippen molar-refractivity contribution in [3.05, 3.63) is 168 Å². The largest absolute Gasteiger partial charge is 0.423 e. The van der Waals surface area contributed by atoms with Gasteiger partial charge in [-0.1, -0.05) is 104 Å². The van der Waals surface area contributed by atoms with Crippen molar-refractivity contribution >= 4 is 45.7 Å². The molecule has 0 radical (unpaired) electrons. The van der Waals surface area contributed by atoms with E-state index >= 15 is 0 Å². The van der Waals surface area contributed by atoms with Crippen molar-refractivity contribution in [3.8, 4) is 5.75 Å². The summed E-state index contributed by atoms with van der Waals surface area (Å²) in [5.74, 6) is 0.0259. The van der Waals surface area contributed by atoms with Gasteiger partial charge in [-0.3, -0.25) is 0 Å². The van der Waals surface area contributed by atoms with E-state index in [-0.39, 0.29) is 0 Å². The Labute approximate surface area is 233 Å². The number of anilines is 2. The highest BCUT2D eigenvalue weighted by atomic mass is 32.1. The maximum Gasteiger partial charge on any atom is 0.335 e. The molecule has 0 saturated carbocycles. The van der Waals surface area contributed by atoms with Gasteiger partial charge < -0.3 is 9.64 Å². The van der Waals surface area contributed by atoms with Gasteiger partial charge in [-0.05, 0) is 64.0 Å². The van der Waals surface area contributed by atoms with Crippen LogP contribution in [0.15, 0.2) is 146 Å². The van der Waals surface area contributed by atoms with E-state index in [4.69, 9.17) is 4.74 Å². The number of ether oxygens (including phenoxy) is 1. The molecule has 4 heteroatoms. The number of esters is 1. The van der Waals surface area contributed by atoms with Crippen molar-refractivity contribution in [2.45, 2.75) is 0 Å². The van der Waals surface area contributed by atoms with Crippen molar-refractivity contribution < 1.29 is 9.53 Å². The van der Waals surface area contributed by atoms with E-state index in [1.54, 1.807) is 23.5 Å². The zero-order valence-corrected chi connectivity index (χ0v) is 22.1. The third-order valence-electron chi connectivity index (χ3n) is 6.08. The lowest BCUT2D eigenvalue weighted by Crippen LogP contribution is -2.08. The second-order valence-electron chi connectivity index (χ2n) is 8.72. The van der Waals surface area contributed by atoms with E-state index in [9.17, 15) is 4.79 Å². The molecule has 0 spiro atoms. The number of benzene rings is 4. The topological polar surface area (TPSA) is 29.5 Å². The van der Waals surface area contributed by atoms with Gasteiger partial charge in [0.15, 0.2) is 0 Å². The second kappa shape index (κ2) is 12.5. The number of nitrogens with zero attached hydrogens (tertiary/aromatic N) is 1. The molecule has 0 amide bonds. The van der Waals surface area contributed by atoms with Crippen molar-refractivity contribution in [3.63, 3.8) is 0 Å². The van der Waals surface area contributed by atoms with Crippen LogP contribution in [0.1, 0.15) is 22.3 Å². The molecule has 1 heterocycles. The molecule has 5 aromatic rings. The van der Waals surface area contributed by atoms with E-state index in [1.807, 2.05) is 30.3 Å². The summed E-state index contributed by atoms with van der Waals surface area (Å²) in [7, 11) is 0. The average molecular weight is 526 g/mol. The number of thiophene rings is 1. The number of carbonyl (C=O) groups excluding carboxylic acids is 1. The van der Waals surface area contributed by atoms with Gasteiger partial charge in [-0.15, -0.1) is 11.3 Å². The van der Waals surface area contributed by atoms with Crippen LogP contribution in [-0.2, 0) is 4.79 Å². The van der Waals surface area contributed by atoms with Crippen LogP contribution in [0.25, 0.3) is 17.7 Å². The number of hydrogen-bond donors (Lipinski definition) is 0. The fraction of sp³-hybridized carbons (Fsp3) is 0. The van der Waals surface area contributed by atoms with Gasteiger partial charge in [0, 0.05) is 23.5 Å². The summed E-state index contributed by atoms with van der Waals surface area (Å²) < 4.78 is 5.14. The molecule has 5 rings (SSSR count). The summed E-state index contributed by atoms with van der Waals surface area (Å²) in [5.41, 5.74) is 6.65. The summed E-state index contributed by atoms with van der Waals surface area (Å²) in [6.45, 7) is 3.42. The second-order valence-corrected chi connectivity index (χ2v) is 9.64. The van der Waals surface area contributed by atoms with Crippen LogP contribution in [0.4, 0.5) is 10.7 Å². The molecule has 3 nitrogen and oxygen atoms in total. The third-order valence-corrected chi connectivity index (χ3v) is 6.94. The van der Waals surface area contributed by atoms with Gasteiger partial charge in [0.2, 0.25) is 0 Å². The van der Waals surface area contributed by atoms with Crippen molar-refractivity contribution in [2.24, 2.45) is 0 Å². The molecule has 190 valence electrons. The highest BCUT2D eigenvalue weighted by Crippen LogP contribution is 2.34. The molecular formula is C35H27NO2S. The Bertz CT molecular complexity index is 1530. The van der Waals surface area contributed by atoms with Crippen molar-refractivity contribution in [1.29, 1.82) is 0 Å². The molecule has 0 aliphatic carbocycles. The van der Waals surface area contributed by atoms with Gasteiger partial charge in [0.25, 0.3) is 0 Å². The molecule has 0 atom stereocenters. The first-order valence-electron chi connectivity index (χ1n) is 12.6. The third kappa shape index (κ3) is 6.69. The highest BCUT2D eigenvalue weighted by molar-refractivity contribution is 7.14. The molecule has 0 fully saturated rings. The average Bonchev–Trinajstić information content (AvgIpc) is 3.53. The van der Waals surface area contributed by atoms with Crippen LogP contribution < -0.4 is 9.64 Å². The molecule has 0 bridgehead atoms. The Morgan fingerprint density at radius 1 is 0.692 bits per heavy atom. The van der Waals surface area contributed by atoms with Crippen LogP contribution in [0.3, 0.4) is 0 Å². The predicted molar refractivity (Wildman–Crippen MR) is 164 cm³/mol. The molecule has 0 saturated heterocycles. The summed E-state index contributed by atoms with van der Waals surface area (Å²) in [6, 6.07) is 41.1. The van der Waals surface area contributed by atoms with Crippen LogP contribution >= 0.6 is 11.3 Å². The minimum absolute atomic E-state index is 0.468. The number of carbonyl (C=O) groups is 1. The fourth-order valence-corrected chi connectivity index (χ4v) is 4.82. The van der Waals surface area contributed by atoms with Crippen molar-refractivity contribution in [1.82, 2.24) is 0 Å². The summed E-state index contributed by atoms with van der Waals surface area (Å²) in [6.07, 6.45) is 7.48. The van der Waals surface area contributed by atoms with E-state index in [1.165, 1.54) is 0 Å². The molecule has 0 aliphatic rings. The van der Waals surface area contributed by atoms with E-state index in [0.717, 1.165) is 44.6 Å². The lowest BCUT2D eigenvalue weighted by Gasteiger charge is -2.22. The van der Waals surface area contributed by atoms with Gasteiger partial charge in [0.1, 0.15) is 5.75 Å². The first-order chi connectivity index (χ1) is 19.2. The summed E-state index contributed by atoms with van der Waals surface area (Å²) in [4.78, 5) is 13.6. The fourth-order valence-electron chi connectivity index (χ4n) is 4.10. The first kappa shape index (κ1) is 25.7. The number of rotatable bonds is 9. The van der Waals surface area contributed by atoms with Gasteiger partial charge in [0.05, 0.1) is 5.00 Å². The Morgan fingerprint density at radius 3 is 1.77 bits per heavy atom. The minimum atomic E-state index is -0.468. The SMILES string of the molecule is C=CC(=O)Oc1ccc(C=Cc2ccc(N(C=C(c3ccccc3)c3ccccc3)c3cccs3)cc2)cc1. The van der Waals surface area contributed by atoms with Crippen LogP contribution in [0.2, 0.25) is 0 Å². The highest BCUT2D eigenvalue weighted by Gasteiger charge is 2.12. The molecular weight excluding hydrogens is 498 g/mol. The Balaban J connectivity index is 1.42. The maximum atomic E-state index is 11.4. The summed E-state index contributed by atoms with van der Waals surface area (Å²) in [5, 5.41) is 3.24. The van der Waals surface area contributed by atoms with E-state index in [2.05, 4.69) is 114 Å². The smallest absolute Gasteiger partial charge is 0.335 e. The van der Waals surface area contributed by atoms with Gasteiger partial charge in [-0.25, -0.2) is 4.79 Å². The molecule has 0 unspecified atom stereocenters. The summed E-state index contributed by atoms with van der Waals surface area (Å²) >= 11 is 1.71. The van der Waals surface area contributed by atoms with Crippen LogP contribution in [0, 0.1) is 0 Å². The van der Waals surface area contributed by atoms with Crippen LogP contribution in [0.5, 0.6) is 5.75 Å². The Morgan fingerprint density at radius 2 is 1.26 bits per heavy atom. The predicted octanol–water partition coefficient (Wildman–Crippen LogP) is 9.24. The van der Waals surface area contributed by atoms with Gasteiger partial charge in [-0.2, -0.15) is 0 Å². The first-order valence-corrected chi connectivity index (χ1v) is 13.5. The monoisotopic (exact) mass is 525 g/mol. The van der Waals surface area contributed by atoms with E-state index < -0.39 is 5.97 Å². The van der Waals surface area contributed by atoms with E-state index in [0.29, 0.717) is 5.75 Å². The molecule has 4 aromatic carbocycles. The molecule has 0 N–H and O–H groups in total. The molecule has 39 heavy (non-hydrogen) atoms. The molecule has 1 aromatic heterocycles. The maximum absolute atomic E-state index is 11.4. The number of hydrogen-bond acceptors (Lipinski definition) is 4. The Hall–Kier alpha value is -4.93. The quantitative estimate of drug-likeness (QED) is 0.0831.